The van der Waals surface area contributed by atoms with Gasteiger partial charge < -0.3 is 0 Å². The van der Waals surface area contributed by atoms with Gasteiger partial charge in [-0.1, -0.05) is 24.3 Å². The van der Waals surface area contributed by atoms with E-state index in [1.54, 1.807) is 0 Å². The van der Waals surface area contributed by atoms with Gasteiger partial charge in [-0.25, -0.2) is 0 Å². The van der Waals surface area contributed by atoms with E-state index in [-0.39, 0.29) is 0 Å². The molecule has 0 aromatic heterocycles. The zero-order valence-corrected chi connectivity index (χ0v) is 7.06. The minimum absolute atomic E-state index is 0.753. The molecule has 0 saturated heterocycles. The molecule has 0 spiro atoms. The van der Waals surface area contributed by atoms with E-state index < -0.39 is 0 Å². The molecule has 0 aromatic carbocycles. The lowest BCUT2D eigenvalue weighted by molar-refractivity contribution is 0.285. The second-order valence-electron chi connectivity index (χ2n) is 3.36. The zero-order valence-electron chi connectivity index (χ0n) is 7.06. The zero-order chi connectivity index (χ0) is 7.40. The van der Waals surface area contributed by atoms with Crippen molar-refractivity contribution in [3.05, 3.63) is 0 Å². The fourth-order valence-corrected chi connectivity index (χ4v) is 1.60. The second-order valence-corrected chi connectivity index (χ2v) is 3.36. The first-order chi connectivity index (χ1) is 4.79. The summed E-state index contributed by atoms with van der Waals surface area (Å²) in [5.41, 5.74) is 3.42. The third-order valence-corrected chi connectivity index (χ3v) is 2.05. The Hall–Kier alpha value is -0.0800. The first kappa shape index (κ1) is 8.02. The Balaban J connectivity index is 2.13. The molecule has 0 bridgehead atoms. The molecule has 1 aliphatic rings. The van der Waals surface area contributed by atoms with Crippen molar-refractivity contribution in [1.29, 1.82) is 0 Å². The Kier molecular flexibility index (Phi) is 3.16. The first-order valence-electron chi connectivity index (χ1n) is 4.22. The van der Waals surface area contributed by atoms with Crippen LogP contribution in [0.3, 0.4) is 0 Å². The average molecular weight is 142 g/mol. The van der Waals surface area contributed by atoms with Crippen LogP contribution in [0, 0.1) is 0 Å². The lowest BCUT2D eigenvalue weighted by Crippen LogP contribution is -2.44. The topological polar surface area (TPSA) is 17.9 Å². The number of nitrogens with one attached hydrogen (secondary N) is 1. The van der Waals surface area contributed by atoms with Crippen molar-refractivity contribution in [1.82, 2.24) is 10.4 Å². The maximum absolute atomic E-state index is 3.42. The van der Waals surface area contributed by atoms with Crippen molar-refractivity contribution in [3.63, 3.8) is 0 Å². The molecular formula is C8H18N2+. The van der Waals surface area contributed by atoms with Crippen LogP contribution in [0.4, 0.5) is 0 Å². The molecule has 0 amide bonds. The van der Waals surface area contributed by atoms with Gasteiger partial charge in [-0.15, -0.1) is 5.43 Å². The van der Waals surface area contributed by atoms with Crippen LogP contribution in [0.25, 0.3) is 0 Å². The quantitative estimate of drug-likeness (QED) is 0.453. The van der Waals surface area contributed by atoms with Gasteiger partial charge in [0.05, 0.1) is 6.04 Å². The van der Waals surface area contributed by atoms with E-state index in [1.165, 1.54) is 32.1 Å². The van der Waals surface area contributed by atoms with Gasteiger partial charge in [-0.2, -0.15) is 0 Å². The SMILES string of the molecule is C[N+](C)NC1CCCCC1. The highest BCUT2D eigenvalue weighted by Gasteiger charge is 2.16. The predicted octanol–water partition coefficient (Wildman–Crippen LogP) is 1.22. The third kappa shape index (κ3) is 2.67. The van der Waals surface area contributed by atoms with Gasteiger partial charge in [-0.3, -0.25) is 0 Å². The molecule has 1 fully saturated rings. The van der Waals surface area contributed by atoms with Gasteiger partial charge in [0.2, 0.25) is 0 Å². The molecule has 1 N–H and O–H groups in total. The maximum atomic E-state index is 3.42. The monoisotopic (exact) mass is 142 g/mol. The predicted molar refractivity (Wildman–Crippen MR) is 44.0 cm³/mol. The molecule has 1 radical (unpaired) electrons. The molecule has 0 aliphatic heterocycles. The molecule has 0 unspecified atom stereocenters. The smallest absolute Gasteiger partial charge is 0.116 e. The summed E-state index contributed by atoms with van der Waals surface area (Å²) in [4.78, 5) is 0. The highest BCUT2D eigenvalue weighted by molar-refractivity contribution is 4.70. The number of hydrogen-bond acceptors (Lipinski definition) is 2. The van der Waals surface area contributed by atoms with Crippen LogP contribution in [-0.2, 0) is 0 Å². The van der Waals surface area contributed by atoms with E-state index in [0.29, 0.717) is 0 Å². The average Bonchev–Trinajstić information content (AvgIpc) is 1.88. The Morgan fingerprint density at radius 2 is 1.70 bits per heavy atom. The van der Waals surface area contributed by atoms with Crippen molar-refractivity contribution in [3.8, 4) is 0 Å². The van der Waals surface area contributed by atoms with E-state index in [2.05, 4.69) is 24.5 Å². The molecule has 1 saturated carbocycles. The highest BCUT2D eigenvalue weighted by atomic mass is 15.5. The van der Waals surface area contributed by atoms with Gasteiger partial charge in [-0.05, 0) is 12.8 Å². The molecule has 0 aromatic rings. The van der Waals surface area contributed by atoms with Gasteiger partial charge in [0, 0.05) is 0 Å². The molecule has 1 aliphatic carbocycles. The summed E-state index contributed by atoms with van der Waals surface area (Å²) in [6.45, 7) is 0. The fourth-order valence-electron chi connectivity index (χ4n) is 1.60. The summed E-state index contributed by atoms with van der Waals surface area (Å²) >= 11 is 0. The number of hydrogen-bond donors (Lipinski definition) is 1. The molecule has 2 nitrogen and oxygen atoms in total. The number of hydrazine groups is 1. The molecule has 10 heavy (non-hydrogen) atoms. The van der Waals surface area contributed by atoms with Crippen LogP contribution in [0.2, 0.25) is 0 Å². The van der Waals surface area contributed by atoms with Crippen molar-refractivity contribution in [2.45, 2.75) is 38.1 Å². The van der Waals surface area contributed by atoms with Gasteiger partial charge in [0.1, 0.15) is 14.1 Å². The largest absolute Gasteiger partial charge is 0.134 e. The van der Waals surface area contributed by atoms with E-state index in [0.717, 1.165) is 6.04 Å². The van der Waals surface area contributed by atoms with E-state index >= 15 is 0 Å². The Morgan fingerprint density at radius 3 is 2.20 bits per heavy atom. The molecule has 0 heterocycles. The summed E-state index contributed by atoms with van der Waals surface area (Å²) in [5.74, 6) is 0. The minimum Gasteiger partial charge on any atom is -0.116 e. The lowest BCUT2D eigenvalue weighted by Gasteiger charge is -2.20. The van der Waals surface area contributed by atoms with Crippen LogP contribution in [-0.4, -0.2) is 20.1 Å². The van der Waals surface area contributed by atoms with Gasteiger partial charge in [0.25, 0.3) is 0 Å². The number of nitrogens with zero attached hydrogens (tertiary/aromatic N) is 1. The van der Waals surface area contributed by atoms with Crippen molar-refractivity contribution in [2.24, 2.45) is 0 Å². The standard InChI is InChI=1S/C8H18N2/c1-10(2)9-8-6-4-3-5-7-8/h8-9H,3-7H2,1-2H3/q+1. The second kappa shape index (κ2) is 3.94. The molecule has 1 rings (SSSR count). The Labute approximate surface area is 63.6 Å². The Bertz CT molecular complexity index is 85.3. The lowest BCUT2D eigenvalue weighted by atomic mass is 9.96. The van der Waals surface area contributed by atoms with Gasteiger partial charge >= 0.3 is 0 Å². The summed E-state index contributed by atoms with van der Waals surface area (Å²) in [6.07, 6.45) is 6.97. The Morgan fingerprint density at radius 1 is 1.10 bits per heavy atom. The van der Waals surface area contributed by atoms with Crippen LogP contribution < -0.4 is 10.4 Å². The normalized spacial score (nSPS) is 21.9. The first-order valence-corrected chi connectivity index (χ1v) is 4.22. The molecule has 2 heteroatoms. The van der Waals surface area contributed by atoms with E-state index in [1.807, 2.05) is 0 Å². The van der Waals surface area contributed by atoms with Crippen LogP contribution in [0.5, 0.6) is 0 Å². The van der Waals surface area contributed by atoms with Crippen molar-refractivity contribution in [2.75, 3.05) is 14.1 Å². The summed E-state index contributed by atoms with van der Waals surface area (Å²) in [7, 11) is 4.13. The van der Waals surface area contributed by atoms with Crippen LogP contribution in [0.1, 0.15) is 32.1 Å². The summed E-state index contributed by atoms with van der Waals surface area (Å²) < 4.78 is 0. The molecule has 0 atom stereocenters. The maximum Gasteiger partial charge on any atom is 0.134 e. The fraction of sp³-hybridized carbons (Fsp3) is 1.00. The van der Waals surface area contributed by atoms with Gasteiger partial charge in [0.15, 0.2) is 0 Å². The van der Waals surface area contributed by atoms with E-state index in [9.17, 15) is 0 Å². The van der Waals surface area contributed by atoms with Crippen LogP contribution in [0.15, 0.2) is 0 Å². The highest BCUT2D eigenvalue weighted by Crippen LogP contribution is 2.16. The van der Waals surface area contributed by atoms with Crippen molar-refractivity contribution >= 4 is 0 Å². The van der Waals surface area contributed by atoms with E-state index in [4.69, 9.17) is 0 Å². The van der Waals surface area contributed by atoms with Crippen LogP contribution >= 0.6 is 0 Å². The third-order valence-electron chi connectivity index (χ3n) is 2.05. The minimum atomic E-state index is 0.753. The number of rotatable bonds is 2. The molecular weight excluding hydrogens is 124 g/mol. The summed E-state index contributed by atoms with van der Waals surface area (Å²) in [6, 6.07) is 0.753. The molecule has 59 valence electrons. The summed E-state index contributed by atoms with van der Waals surface area (Å²) in [5, 5.41) is 2.07. The van der Waals surface area contributed by atoms with Crippen molar-refractivity contribution < 1.29 is 0 Å².